The Kier molecular flexibility index (Phi) is 4.52. The number of fused-ring (bicyclic) bond motifs is 1. The Balaban J connectivity index is 1.52. The summed E-state index contributed by atoms with van der Waals surface area (Å²) < 4.78 is 0. The van der Waals surface area contributed by atoms with Gasteiger partial charge in [0.2, 0.25) is 0 Å². The second kappa shape index (κ2) is 7.48. The van der Waals surface area contributed by atoms with E-state index in [1.165, 1.54) is 0 Å². The Morgan fingerprint density at radius 2 is 1.23 bits per heavy atom. The first kappa shape index (κ1) is 18.1. The summed E-state index contributed by atoms with van der Waals surface area (Å²) in [5.74, 6) is 2.17. The van der Waals surface area contributed by atoms with Crippen molar-refractivity contribution in [3.05, 3.63) is 96.7 Å². The lowest BCUT2D eigenvalue weighted by Gasteiger charge is -2.09. The van der Waals surface area contributed by atoms with Crippen LogP contribution in [0.5, 0.6) is 0 Å². The second-order valence-corrected chi connectivity index (χ2v) is 7.29. The molecule has 0 fully saturated rings. The van der Waals surface area contributed by atoms with Crippen molar-refractivity contribution in [3.63, 3.8) is 0 Å². The molecule has 0 aliphatic heterocycles. The summed E-state index contributed by atoms with van der Waals surface area (Å²) in [6.45, 7) is 3.78. The lowest BCUT2D eigenvalue weighted by Crippen LogP contribution is -1.98. The maximum absolute atomic E-state index is 4.58. The molecule has 2 aromatic heterocycles. The summed E-state index contributed by atoms with van der Waals surface area (Å²) in [7, 11) is 0. The Morgan fingerprint density at radius 1 is 0.567 bits per heavy atom. The van der Waals surface area contributed by atoms with Gasteiger partial charge in [0.05, 0.1) is 5.52 Å². The molecule has 0 unspecified atom stereocenters. The van der Waals surface area contributed by atoms with Gasteiger partial charge in [0, 0.05) is 22.7 Å². The van der Waals surface area contributed by atoms with Crippen LogP contribution in [0.15, 0.2) is 85.1 Å². The van der Waals surface area contributed by atoms with E-state index in [2.05, 4.69) is 80.6 Å². The number of hydrogen-bond acceptors (Lipinski definition) is 4. The first-order chi connectivity index (χ1) is 14.7. The van der Waals surface area contributed by atoms with Crippen LogP contribution in [0, 0.1) is 13.8 Å². The molecule has 0 aliphatic rings. The normalized spacial score (nSPS) is 11.0. The third-order valence-electron chi connectivity index (χ3n) is 5.14. The third-order valence-corrected chi connectivity index (χ3v) is 5.14. The highest BCUT2D eigenvalue weighted by atomic mass is 15.0. The second-order valence-electron chi connectivity index (χ2n) is 7.29. The number of benzene rings is 3. The molecule has 5 rings (SSSR count). The van der Waals surface area contributed by atoms with Crippen molar-refractivity contribution in [3.8, 4) is 33.6 Å². The first-order valence-corrected chi connectivity index (χ1v) is 9.92. The fourth-order valence-corrected chi connectivity index (χ4v) is 3.76. The fraction of sp³-hybridized carbons (Fsp3) is 0.0769. The highest BCUT2D eigenvalue weighted by Gasteiger charge is 2.08. The van der Waals surface area contributed by atoms with E-state index in [4.69, 9.17) is 0 Å². The van der Waals surface area contributed by atoms with Gasteiger partial charge in [-0.2, -0.15) is 0 Å². The molecule has 0 aliphatic carbocycles. The Bertz CT molecular complexity index is 1330. The van der Waals surface area contributed by atoms with E-state index in [9.17, 15) is 0 Å². The molecule has 4 heteroatoms. The zero-order valence-electron chi connectivity index (χ0n) is 16.9. The Labute approximate surface area is 175 Å². The molecule has 30 heavy (non-hydrogen) atoms. The van der Waals surface area contributed by atoms with E-state index in [0.717, 1.165) is 50.4 Å². The van der Waals surface area contributed by atoms with Crippen molar-refractivity contribution in [1.29, 1.82) is 0 Å². The largest absolute Gasteiger partial charge is 0.256 e. The quantitative estimate of drug-likeness (QED) is 0.378. The van der Waals surface area contributed by atoms with Crippen molar-refractivity contribution < 1.29 is 0 Å². The fourth-order valence-electron chi connectivity index (χ4n) is 3.76. The lowest BCUT2D eigenvalue weighted by molar-refractivity contribution is 0.928. The van der Waals surface area contributed by atoms with Gasteiger partial charge in [-0.15, -0.1) is 0 Å². The molecule has 0 atom stereocenters. The van der Waals surface area contributed by atoms with Crippen molar-refractivity contribution in [2.75, 3.05) is 0 Å². The number of rotatable bonds is 3. The van der Waals surface area contributed by atoms with Crippen LogP contribution >= 0.6 is 0 Å². The average Bonchev–Trinajstić information content (AvgIpc) is 2.78. The molecule has 144 valence electrons. The SMILES string of the molecule is Cc1nc(C)nc(-c2cccc(-c3ccc(-c4cccc5cccnc45)cc3)c2)n1. The van der Waals surface area contributed by atoms with Gasteiger partial charge in [-0.3, -0.25) is 4.98 Å². The van der Waals surface area contributed by atoms with E-state index < -0.39 is 0 Å². The lowest BCUT2D eigenvalue weighted by atomic mass is 9.97. The predicted octanol–water partition coefficient (Wildman–Crippen LogP) is 6.04. The molecule has 5 aromatic rings. The molecule has 0 N–H and O–H groups in total. The maximum Gasteiger partial charge on any atom is 0.163 e. The Morgan fingerprint density at radius 3 is 2.03 bits per heavy atom. The van der Waals surface area contributed by atoms with E-state index in [0.29, 0.717) is 5.82 Å². The number of nitrogens with zero attached hydrogens (tertiary/aromatic N) is 4. The van der Waals surface area contributed by atoms with Gasteiger partial charge in [-0.1, -0.05) is 66.7 Å². The molecule has 0 saturated carbocycles. The van der Waals surface area contributed by atoms with Crippen molar-refractivity contribution >= 4 is 10.9 Å². The summed E-state index contributed by atoms with van der Waals surface area (Å²) in [6, 6.07) is 27.3. The molecule has 4 nitrogen and oxygen atoms in total. The van der Waals surface area contributed by atoms with Crippen LogP contribution < -0.4 is 0 Å². The molecular formula is C26H20N4. The smallest absolute Gasteiger partial charge is 0.163 e. The number of para-hydroxylation sites is 1. The molecule has 0 spiro atoms. The summed E-state index contributed by atoms with van der Waals surface area (Å²) in [4.78, 5) is 17.8. The van der Waals surface area contributed by atoms with Gasteiger partial charge < -0.3 is 0 Å². The molecule has 3 aromatic carbocycles. The Hall–Kier alpha value is -3.92. The molecular weight excluding hydrogens is 368 g/mol. The van der Waals surface area contributed by atoms with Crippen LogP contribution in [0.25, 0.3) is 44.5 Å². The molecule has 0 bridgehead atoms. The maximum atomic E-state index is 4.58. The molecule has 0 amide bonds. The van der Waals surface area contributed by atoms with Crippen LogP contribution in [-0.2, 0) is 0 Å². The summed E-state index contributed by atoms with van der Waals surface area (Å²) in [6.07, 6.45) is 1.84. The topological polar surface area (TPSA) is 51.6 Å². The van der Waals surface area contributed by atoms with Gasteiger partial charge in [-0.05, 0) is 42.7 Å². The minimum atomic E-state index is 0.709. The predicted molar refractivity (Wildman–Crippen MR) is 121 cm³/mol. The number of aryl methyl sites for hydroxylation is 2. The third kappa shape index (κ3) is 3.44. The van der Waals surface area contributed by atoms with E-state index in [-0.39, 0.29) is 0 Å². The monoisotopic (exact) mass is 388 g/mol. The van der Waals surface area contributed by atoms with Gasteiger partial charge >= 0.3 is 0 Å². The van der Waals surface area contributed by atoms with Gasteiger partial charge in [0.25, 0.3) is 0 Å². The van der Waals surface area contributed by atoms with E-state index >= 15 is 0 Å². The number of aromatic nitrogens is 4. The average molecular weight is 388 g/mol. The summed E-state index contributed by atoms with van der Waals surface area (Å²) in [5.41, 5.74) is 6.59. The standard InChI is InChI=1S/C26H20N4/c1-17-28-18(2)30-26(29-17)23-8-3-7-22(16-23)19-11-13-20(14-12-19)24-10-4-6-21-9-5-15-27-25(21)24/h3-16H,1-2H3. The zero-order chi connectivity index (χ0) is 20.5. The van der Waals surface area contributed by atoms with Gasteiger partial charge in [0.15, 0.2) is 5.82 Å². The number of hydrogen-bond donors (Lipinski definition) is 0. The van der Waals surface area contributed by atoms with Crippen LogP contribution in [0.2, 0.25) is 0 Å². The highest BCUT2D eigenvalue weighted by molar-refractivity contribution is 5.93. The minimum Gasteiger partial charge on any atom is -0.256 e. The highest BCUT2D eigenvalue weighted by Crippen LogP contribution is 2.30. The molecule has 0 radical (unpaired) electrons. The van der Waals surface area contributed by atoms with Crippen molar-refractivity contribution in [2.24, 2.45) is 0 Å². The minimum absolute atomic E-state index is 0.709. The van der Waals surface area contributed by atoms with Crippen LogP contribution in [0.1, 0.15) is 11.6 Å². The van der Waals surface area contributed by atoms with Crippen molar-refractivity contribution in [2.45, 2.75) is 13.8 Å². The summed E-state index contributed by atoms with van der Waals surface area (Å²) >= 11 is 0. The van der Waals surface area contributed by atoms with Gasteiger partial charge in [-0.25, -0.2) is 15.0 Å². The van der Waals surface area contributed by atoms with Crippen LogP contribution in [0.4, 0.5) is 0 Å². The van der Waals surface area contributed by atoms with E-state index in [1.807, 2.05) is 38.2 Å². The first-order valence-electron chi connectivity index (χ1n) is 9.92. The van der Waals surface area contributed by atoms with E-state index in [1.54, 1.807) is 0 Å². The summed E-state index contributed by atoms with van der Waals surface area (Å²) in [5, 5.41) is 1.15. The van der Waals surface area contributed by atoms with Gasteiger partial charge in [0.1, 0.15) is 11.6 Å². The number of pyridine rings is 1. The van der Waals surface area contributed by atoms with Crippen LogP contribution in [-0.4, -0.2) is 19.9 Å². The van der Waals surface area contributed by atoms with Crippen molar-refractivity contribution in [1.82, 2.24) is 19.9 Å². The molecule has 0 saturated heterocycles. The zero-order valence-corrected chi connectivity index (χ0v) is 16.9. The molecule has 2 heterocycles. The van der Waals surface area contributed by atoms with Crippen LogP contribution in [0.3, 0.4) is 0 Å².